The van der Waals surface area contributed by atoms with Gasteiger partial charge in [0.2, 0.25) is 0 Å². The molecule has 1 atom stereocenters. The van der Waals surface area contributed by atoms with Crippen molar-refractivity contribution in [2.24, 2.45) is 0 Å². The van der Waals surface area contributed by atoms with Crippen LogP contribution in [0.2, 0.25) is 0 Å². The first-order valence-corrected chi connectivity index (χ1v) is 10.7. The lowest BCUT2D eigenvalue weighted by atomic mass is 9.98. The van der Waals surface area contributed by atoms with Gasteiger partial charge in [0, 0.05) is 0 Å². The van der Waals surface area contributed by atoms with Crippen LogP contribution >= 0.6 is 0 Å². The van der Waals surface area contributed by atoms with Gasteiger partial charge < -0.3 is 9.47 Å². The molecule has 152 valence electrons. The third-order valence-electron chi connectivity index (χ3n) is 4.92. The highest BCUT2D eigenvalue weighted by Gasteiger charge is 2.19. The number of carbonyl (C=O) groups excluding carboxylic acids is 1. The zero-order valence-corrected chi connectivity index (χ0v) is 17.6. The van der Waals surface area contributed by atoms with Crippen LogP contribution in [-0.2, 0) is 17.6 Å². The van der Waals surface area contributed by atoms with E-state index in [0.717, 1.165) is 62.5 Å². The lowest BCUT2D eigenvalue weighted by molar-refractivity contribution is 0.0526. The van der Waals surface area contributed by atoms with Crippen LogP contribution in [0.3, 0.4) is 0 Å². The van der Waals surface area contributed by atoms with Crippen molar-refractivity contribution in [3.63, 3.8) is 0 Å². The number of hydrogen-bond acceptors (Lipinski definition) is 3. The van der Waals surface area contributed by atoms with Gasteiger partial charge in [-0.05, 0) is 48.4 Å². The summed E-state index contributed by atoms with van der Waals surface area (Å²) < 4.78 is 11.4. The summed E-state index contributed by atoms with van der Waals surface area (Å²) in [5, 5.41) is 0. The highest BCUT2D eigenvalue weighted by molar-refractivity contribution is 5.65. The second-order valence-electron chi connectivity index (χ2n) is 7.26. The molecule has 1 unspecified atom stereocenters. The Bertz CT molecular complexity index is 709. The molecule has 0 aliphatic heterocycles. The number of ether oxygens (including phenoxy) is 2. The summed E-state index contributed by atoms with van der Waals surface area (Å²) in [5.41, 5.74) is 3.41. The quantitative estimate of drug-likeness (QED) is 0.230. The van der Waals surface area contributed by atoms with Gasteiger partial charge in [-0.2, -0.15) is 0 Å². The lowest BCUT2D eigenvalue weighted by Crippen LogP contribution is -2.16. The largest absolute Gasteiger partial charge is 0.514 e. The standard InChI is InChI=1S/C25H34O3/c1-4-7-9-18-23(21-15-10-8-11-16-21)27-25(26)28-24-19-12-17-20(13-5-2)22(24)14-6-3/h8,10-12,15-17,19,23H,4-7,9,13-14,18H2,1-3H3. The summed E-state index contributed by atoms with van der Waals surface area (Å²) in [6.07, 6.45) is 7.18. The third kappa shape index (κ3) is 6.70. The Labute approximate surface area is 170 Å². The summed E-state index contributed by atoms with van der Waals surface area (Å²) in [7, 11) is 0. The second kappa shape index (κ2) is 12.2. The van der Waals surface area contributed by atoms with Gasteiger partial charge in [-0.25, -0.2) is 4.79 Å². The Kier molecular flexibility index (Phi) is 9.61. The Morgan fingerprint density at radius 2 is 1.61 bits per heavy atom. The second-order valence-corrected chi connectivity index (χ2v) is 7.26. The molecular weight excluding hydrogens is 348 g/mol. The van der Waals surface area contributed by atoms with Gasteiger partial charge in [0.15, 0.2) is 0 Å². The molecule has 0 saturated carbocycles. The molecule has 0 bridgehead atoms. The summed E-state index contributed by atoms with van der Waals surface area (Å²) >= 11 is 0. The van der Waals surface area contributed by atoms with E-state index in [1.165, 1.54) is 5.56 Å². The fourth-order valence-electron chi connectivity index (χ4n) is 3.52. The molecule has 2 aromatic rings. The van der Waals surface area contributed by atoms with E-state index in [1.807, 2.05) is 42.5 Å². The maximum Gasteiger partial charge on any atom is 0.514 e. The lowest BCUT2D eigenvalue weighted by Gasteiger charge is -2.19. The smallest absolute Gasteiger partial charge is 0.426 e. The topological polar surface area (TPSA) is 35.5 Å². The average molecular weight is 383 g/mol. The zero-order valence-electron chi connectivity index (χ0n) is 17.6. The van der Waals surface area contributed by atoms with Gasteiger partial charge in [0.05, 0.1) is 0 Å². The van der Waals surface area contributed by atoms with Crippen LogP contribution in [0.4, 0.5) is 4.79 Å². The van der Waals surface area contributed by atoms with Crippen molar-refractivity contribution < 1.29 is 14.3 Å². The first kappa shape index (κ1) is 22.0. The highest BCUT2D eigenvalue weighted by Crippen LogP contribution is 2.28. The van der Waals surface area contributed by atoms with Crippen molar-refractivity contribution in [2.45, 2.75) is 78.2 Å². The number of benzene rings is 2. The van der Waals surface area contributed by atoms with E-state index < -0.39 is 6.16 Å². The van der Waals surface area contributed by atoms with E-state index in [1.54, 1.807) is 0 Å². The molecule has 0 fully saturated rings. The molecule has 28 heavy (non-hydrogen) atoms. The molecule has 3 heteroatoms. The molecule has 0 N–H and O–H groups in total. The first-order chi connectivity index (χ1) is 13.7. The predicted octanol–water partition coefficient (Wildman–Crippen LogP) is 7.43. The molecule has 0 spiro atoms. The van der Waals surface area contributed by atoms with Gasteiger partial charge in [-0.15, -0.1) is 0 Å². The van der Waals surface area contributed by atoms with Crippen LogP contribution < -0.4 is 4.74 Å². The zero-order chi connectivity index (χ0) is 20.2. The van der Waals surface area contributed by atoms with Crippen molar-refractivity contribution in [1.82, 2.24) is 0 Å². The molecule has 0 radical (unpaired) electrons. The Morgan fingerprint density at radius 3 is 2.29 bits per heavy atom. The predicted molar refractivity (Wildman–Crippen MR) is 115 cm³/mol. The number of rotatable bonds is 11. The molecule has 0 aliphatic carbocycles. The summed E-state index contributed by atoms with van der Waals surface area (Å²) in [6, 6.07) is 15.9. The Balaban J connectivity index is 2.12. The molecule has 0 heterocycles. The minimum absolute atomic E-state index is 0.270. The van der Waals surface area contributed by atoms with Crippen molar-refractivity contribution >= 4 is 6.16 Å². The van der Waals surface area contributed by atoms with Crippen LogP contribution in [0.5, 0.6) is 5.75 Å². The Hall–Kier alpha value is -2.29. The maximum absolute atomic E-state index is 12.6. The van der Waals surface area contributed by atoms with Crippen LogP contribution in [-0.4, -0.2) is 6.16 Å². The number of aryl methyl sites for hydroxylation is 1. The number of hydrogen-bond donors (Lipinski definition) is 0. The summed E-state index contributed by atoms with van der Waals surface area (Å²) in [5.74, 6) is 0.637. The molecule has 0 aliphatic rings. The van der Waals surface area contributed by atoms with E-state index in [9.17, 15) is 4.79 Å². The highest BCUT2D eigenvalue weighted by atomic mass is 16.7. The molecular formula is C25H34O3. The van der Waals surface area contributed by atoms with Crippen molar-refractivity contribution in [1.29, 1.82) is 0 Å². The maximum atomic E-state index is 12.6. The van der Waals surface area contributed by atoms with E-state index in [4.69, 9.17) is 9.47 Å². The van der Waals surface area contributed by atoms with E-state index in [0.29, 0.717) is 5.75 Å². The van der Waals surface area contributed by atoms with E-state index >= 15 is 0 Å². The molecule has 0 saturated heterocycles. The normalized spacial score (nSPS) is 11.8. The first-order valence-electron chi connectivity index (χ1n) is 10.7. The van der Waals surface area contributed by atoms with Gasteiger partial charge in [-0.1, -0.05) is 88.9 Å². The van der Waals surface area contributed by atoms with E-state index in [-0.39, 0.29) is 6.10 Å². The van der Waals surface area contributed by atoms with Gasteiger partial charge in [-0.3, -0.25) is 0 Å². The van der Waals surface area contributed by atoms with Crippen LogP contribution in [0.15, 0.2) is 48.5 Å². The van der Waals surface area contributed by atoms with Gasteiger partial charge in [0.1, 0.15) is 11.9 Å². The third-order valence-corrected chi connectivity index (χ3v) is 4.92. The minimum Gasteiger partial charge on any atom is -0.426 e. The van der Waals surface area contributed by atoms with Crippen LogP contribution in [0, 0.1) is 0 Å². The fourth-order valence-corrected chi connectivity index (χ4v) is 3.52. The molecule has 0 aromatic heterocycles. The van der Waals surface area contributed by atoms with Gasteiger partial charge in [0.25, 0.3) is 0 Å². The summed E-state index contributed by atoms with van der Waals surface area (Å²) in [6.45, 7) is 6.48. The van der Waals surface area contributed by atoms with E-state index in [2.05, 4.69) is 26.8 Å². The van der Waals surface area contributed by atoms with Crippen molar-refractivity contribution in [3.05, 3.63) is 65.2 Å². The van der Waals surface area contributed by atoms with Crippen LogP contribution in [0.25, 0.3) is 0 Å². The SMILES string of the molecule is CCCCCC(OC(=O)Oc1cccc(CCC)c1CCC)c1ccccc1. The molecule has 0 amide bonds. The monoisotopic (exact) mass is 382 g/mol. The van der Waals surface area contributed by atoms with Crippen molar-refractivity contribution in [3.8, 4) is 5.75 Å². The molecule has 3 nitrogen and oxygen atoms in total. The molecule has 2 aromatic carbocycles. The number of carbonyl (C=O) groups is 1. The van der Waals surface area contributed by atoms with Crippen LogP contribution in [0.1, 0.15) is 82.1 Å². The minimum atomic E-state index is -0.614. The fraction of sp³-hybridized carbons (Fsp3) is 0.480. The van der Waals surface area contributed by atoms with Crippen molar-refractivity contribution in [2.75, 3.05) is 0 Å². The summed E-state index contributed by atoms with van der Waals surface area (Å²) in [4.78, 5) is 12.6. The molecule has 2 rings (SSSR count). The van der Waals surface area contributed by atoms with Gasteiger partial charge >= 0.3 is 6.16 Å². The average Bonchev–Trinajstić information content (AvgIpc) is 2.70. The Morgan fingerprint density at radius 1 is 0.857 bits per heavy atom. The number of unbranched alkanes of at least 4 members (excludes halogenated alkanes) is 2.